The Morgan fingerprint density at radius 3 is 2.33 bits per heavy atom. The van der Waals surface area contributed by atoms with Gasteiger partial charge in [0.25, 0.3) is 0 Å². The number of primary sulfonamides is 1. The van der Waals surface area contributed by atoms with Crippen molar-refractivity contribution < 1.29 is 13.2 Å². The van der Waals surface area contributed by atoms with Gasteiger partial charge in [-0.3, -0.25) is 4.79 Å². The standard InChI is InChI=1S/C6H12N2O3S/c1-2-8-5(9)6(3-4-6)12(7,10)11/h2-4H2,1H3,(H,8,9)(H2,7,10,11). The van der Waals surface area contributed by atoms with Crippen LogP contribution in [0.5, 0.6) is 0 Å². The summed E-state index contributed by atoms with van der Waals surface area (Å²) in [5.74, 6) is -0.465. The van der Waals surface area contributed by atoms with Gasteiger partial charge < -0.3 is 5.32 Å². The second-order valence-corrected chi connectivity index (χ2v) is 4.77. The molecule has 1 fully saturated rings. The van der Waals surface area contributed by atoms with Gasteiger partial charge >= 0.3 is 0 Å². The predicted molar refractivity (Wildman–Crippen MR) is 43.8 cm³/mol. The van der Waals surface area contributed by atoms with E-state index in [0.717, 1.165) is 0 Å². The highest BCUT2D eigenvalue weighted by molar-refractivity contribution is 7.91. The Balaban J connectivity index is 2.81. The Hall–Kier alpha value is -0.620. The molecular weight excluding hydrogens is 180 g/mol. The van der Waals surface area contributed by atoms with Crippen molar-refractivity contribution in [1.82, 2.24) is 5.32 Å². The van der Waals surface area contributed by atoms with E-state index >= 15 is 0 Å². The summed E-state index contributed by atoms with van der Waals surface area (Å²) in [6.07, 6.45) is 0.690. The molecule has 0 saturated heterocycles. The molecular formula is C6H12N2O3S. The average Bonchev–Trinajstić information content (AvgIpc) is 2.63. The first-order valence-corrected chi connectivity index (χ1v) is 5.29. The van der Waals surface area contributed by atoms with Gasteiger partial charge in [-0.25, -0.2) is 13.6 Å². The molecule has 0 aromatic heterocycles. The molecule has 0 heterocycles. The van der Waals surface area contributed by atoms with Crippen molar-refractivity contribution in [1.29, 1.82) is 0 Å². The van der Waals surface area contributed by atoms with E-state index in [9.17, 15) is 13.2 Å². The topological polar surface area (TPSA) is 89.3 Å². The monoisotopic (exact) mass is 192 g/mol. The number of nitrogens with one attached hydrogen (secondary N) is 1. The molecule has 1 aliphatic carbocycles. The van der Waals surface area contributed by atoms with Crippen LogP contribution in [0.2, 0.25) is 0 Å². The van der Waals surface area contributed by atoms with E-state index in [1.54, 1.807) is 6.92 Å². The van der Waals surface area contributed by atoms with E-state index in [1.807, 2.05) is 0 Å². The van der Waals surface area contributed by atoms with E-state index < -0.39 is 20.7 Å². The zero-order chi connectivity index (χ0) is 9.41. The van der Waals surface area contributed by atoms with Crippen molar-refractivity contribution >= 4 is 15.9 Å². The third kappa shape index (κ3) is 1.32. The Morgan fingerprint density at radius 2 is 2.08 bits per heavy atom. The van der Waals surface area contributed by atoms with Crippen molar-refractivity contribution in [2.45, 2.75) is 24.5 Å². The number of hydrogen-bond donors (Lipinski definition) is 2. The molecule has 5 nitrogen and oxygen atoms in total. The quantitative estimate of drug-likeness (QED) is 0.597. The lowest BCUT2D eigenvalue weighted by molar-refractivity contribution is -0.121. The van der Waals surface area contributed by atoms with Crippen LogP contribution in [0.1, 0.15) is 19.8 Å². The number of amides is 1. The molecule has 0 unspecified atom stereocenters. The van der Waals surface area contributed by atoms with Crippen molar-refractivity contribution in [2.24, 2.45) is 5.14 Å². The minimum Gasteiger partial charge on any atom is -0.355 e. The third-order valence-corrected chi connectivity index (χ3v) is 3.68. The van der Waals surface area contributed by atoms with Crippen LogP contribution in [0.15, 0.2) is 0 Å². The number of carbonyl (C=O) groups is 1. The van der Waals surface area contributed by atoms with Gasteiger partial charge in [-0.05, 0) is 19.8 Å². The van der Waals surface area contributed by atoms with Gasteiger partial charge in [0.2, 0.25) is 15.9 Å². The van der Waals surface area contributed by atoms with Crippen molar-refractivity contribution in [2.75, 3.05) is 6.54 Å². The molecule has 1 aliphatic rings. The minimum absolute atomic E-state index is 0.345. The lowest BCUT2D eigenvalue weighted by Gasteiger charge is -2.10. The van der Waals surface area contributed by atoms with Crippen LogP contribution in [0.25, 0.3) is 0 Å². The fourth-order valence-electron chi connectivity index (χ4n) is 1.08. The van der Waals surface area contributed by atoms with Gasteiger partial charge in [0.1, 0.15) is 0 Å². The van der Waals surface area contributed by atoms with Crippen LogP contribution in [-0.4, -0.2) is 25.6 Å². The SMILES string of the molecule is CCNC(=O)C1(S(N)(=O)=O)CC1. The molecule has 0 aliphatic heterocycles. The molecule has 0 aromatic rings. The summed E-state index contributed by atoms with van der Waals surface area (Å²) in [6.45, 7) is 2.16. The lowest BCUT2D eigenvalue weighted by Crippen LogP contribution is -2.44. The molecule has 0 aromatic carbocycles. The fourth-order valence-corrected chi connectivity index (χ4v) is 2.08. The van der Waals surface area contributed by atoms with Gasteiger partial charge in [0, 0.05) is 6.54 Å². The molecule has 1 amide bonds. The highest BCUT2D eigenvalue weighted by Crippen LogP contribution is 2.42. The first kappa shape index (κ1) is 9.47. The van der Waals surface area contributed by atoms with E-state index in [1.165, 1.54) is 0 Å². The second-order valence-electron chi connectivity index (χ2n) is 2.90. The summed E-state index contributed by atoms with van der Waals surface area (Å²) in [5.41, 5.74) is 0. The Kier molecular flexibility index (Phi) is 2.13. The number of carbonyl (C=O) groups excluding carboxylic acids is 1. The minimum atomic E-state index is -3.72. The molecule has 0 radical (unpaired) electrons. The van der Waals surface area contributed by atoms with Crippen LogP contribution in [0, 0.1) is 0 Å². The summed E-state index contributed by atoms with van der Waals surface area (Å²) < 4.78 is 20.6. The molecule has 70 valence electrons. The highest BCUT2D eigenvalue weighted by atomic mass is 32.2. The van der Waals surface area contributed by atoms with Crippen molar-refractivity contribution in [3.63, 3.8) is 0 Å². The Morgan fingerprint density at radius 1 is 1.58 bits per heavy atom. The largest absolute Gasteiger partial charge is 0.355 e. The molecule has 1 rings (SSSR count). The highest BCUT2D eigenvalue weighted by Gasteiger charge is 2.59. The number of rotatable bonds is 3. The predicted octanol–water partition coefficient (Wildman–Crippen LogP) is -1.06. The first-order valence-electron chi connectivity index (χ1n) is 3.75. The van der Waals surface area contributed by atoms with Gasteiger partial charge in [0.05, 0.1) is 0 Å². The van der Waals surface area contributed by atoms with Crippen molar-refractivity contribution in [3.8, 4) is 0 Å². The maximum atomic E-state index is 11.2. The fraction of sp³-hybridized carbons (Fsp3) is 0.833. The first-order chi connectivity index (χ1) is 5.44. The molecule has 1 saturated carbocycles. The van der Waals surface area contributed by atoms with Gasteiger partial charge in [-0.1, -0.05) is 0 Å². The number of nitrogens with two attached hydrogens (primary N) is 1. The molecule has 3 N–H and O–H groups in total. The van der Waals surface area contributed by atoms with Crippen LogP contribution in [0.3, 0.4) is 0 Å². The van der Waals surface area contributed by atoms with E-state index in [0.29, 0.717) is 19.4 Å². The molecule has 0 bridgehead atoms. The summed E-state index contributed by atoms with van der Waals surface area (Å²) >= 11 is 0. The summed E-state index contributed by atoms with van der Waals surface area (Å²) in [7, 11) is -3.72. The van der Waals surface area contributed by atoms with Crippen LogP contribution >= 0.6 is 0 Å². The van der Waals surface area contributed by atoms with E-state index in [-0.39, 0.29) is 0 Å². The summed E-state index contributed by atoms with van der Waals surface area (Å²) in [6, 6.07) is 0. The van der Waals surface area contributed by atoms with Crippen LogP contribution < -0.4 is 10.5 Å². The maximum Gasteiger partial charge on any atom is 0.242 e. The number of sulfonamides is 1. The summed E-state index contributed by atoms with van der Waals surface area (Å²) in [5, 5.41) is 7.38. The Labute approximate surface area is 71.4 Å². The zero-order valence-corrected chi connectivity index (χ0v) is 7.65. The third-order valence-electron chi connectivity index (χ3n) is 2.00. The number of hydrogen-bond acceptors (Lipinski definition) is 3. The zero-order valence-electron chi connectivity index (χ0n) is 6.83. The maximum absolute atomic E-state index is 11.2. The normalized spacial score (nSPS) is 20.2. The van der Waals surface area contributed by atoms with Gasteiger partial charge in [-0.15, -0.1) is 0 Å². The smallest absolute Gasteiger partial charge is 0.242 e. The van der Waals surface area contributed by atoms with Gasteiger partial charge in [-0.2, -0.15) is 0 Å². The van der Waals surface area contributed by atoms with E-state index in [4.69, 9.17) is 5.14 Å². The second kappa shape index (κ2) is 2.70. The summed E-state index contributed by atoms with van der Waals surface area (Å²) in [4.78, 5) is 11.2. The molecule has 0 atom stereocenters. The molecule has 12 heavy (non-hydrogen) atoms. The van der Waals surface area contributed by atoms with Crippen LogP contribution in [0.4, 0.5) is 0 Å². The molecule has 6 heteroatoms. The average molecular weight is 192 g/mol. The van der Waals surface area contributed by atoms with Crippen LogP contribution in [-0.2, 0) is 14.8 Å². The molecule has 0 spiro atoms. The Bertz CT molecular complexity index is 292. The van der Waals surface area contributed by atoms with Gasteiger partial charge in [0.15, 0.2) is 4.75 Å². The van der Waals surface area contributed by atoms with E-state index in [2.05, 4.69) is 5.32 Å². The lowest BCUT2D eigenvalue weighted by atomic mass is 10.4. The van der Waals surface area contributed by atoms with Crippen molar-refractivity contribution in [3.05, 3.63) is 0 Å².